The number of carbonyl (C=O) groups is 2. The molecule has 0 radical (unpaired) electrons. The van der Waals surface area contributed by atoms with E-state index in [9.17, 15) is 9.59 Å². The summed E-state index contributed by atoms with van der Waals surface area (Å²) < 4.78 is 0. The van der Waals surface area contributed by atoms with Crippen LogP contribution in [0.5, 0.6) is 0 Å². The Labute approximate surface area is 118 Å². The smallest absolute Gasteiger partial charge is 0.312 e. The van der Waals surface area contributed by atoms with E-state index in [1.807, 2.05) is 12.1 Å². The highest BCUT2D eigenvalue weighted by Gasteiger charge is 2.18. The van der Waals surface area contributed by atoms with Gasteiger partial charge in [0.15, 0.2) is 0 Å². The maximum atomic E-state index is 10.7. The third-order valence-corrected chi connectivity index (χ3v) is 2.39. The Morgan fingerprint density at radius 3 is 2.35 bits per heavy atom. The quantitative estimate of drug-likeness (QED) is 0.776. The van der Waals surface area contributed by atoms with E-state index in [0.29, 0.717) is 18.4 Å². The molecule has 1 amide bonds. The summed E-state index contributed by atoms with van der Waals surface area (Å²) in [6.45, 7) is 3.42. The van der Waals surface area contributed by atoms with Gasteiger partial charge in [0.2, 0.25) is 5.91 Å². The van der Waals surface area contributed by atoms with Crippen molar-refractivity contribution in [2.75, 3.05) is 0 Å². The number of amides is 1. The number of carboxylic acids is 1. The Morgan fingerprint density at radius 2 is 2.00 bits per heavy atom. The number of nitriles is 1. The van der Waals surface area contributed by atoms with Gasteiger partial charge in [-0.2, -0.15) is 5.26 Å². The second-order valence-corrected chi connectivity index (χ2v) is 3.96. The molecule has 1 aromatic carbocycles. The maximum Gasteiger partial charge on any atom is 0.312 e. The molecule has 5 heteroatoms. The zero-order chi connectivity index (χ0) is 15.4. The van der Waals surface area contributed by atoms with Crippen LogP contribution in [0.25, 0.3) is 0 Å². The molecule has 0 saturated heterocycles. The maximum absolute atomic E-state index is 10.7. The molecule has 0 aromatic heterocycles. The minimum atomic E-state index is -0.951. The first kappa shape index (κ1) is 17.4. The number of carboxylic acid groups (broad SMARTS) is 1. The van der Waals surface area contributed by atoms with E-state index in [2.05, 4.69) is 6.58 Å². The number of carbonyl (C=O) groups excluding carboxylic acids is 1. The standard InChI is InChI=1S/C10H9NO2.C5H9NO/c11-7-6-9(10(12)13)8-4-2-1-3-5-8;1-2-3-4-5(6)7/h1-5,9H,6H2,(H,12,13);2H,1,3-4H2,(H2,6,7). The number of aliphatic carboxylic acids is 1. The SMILES string of the molecule is C=CCCC(N)=O.N#CCC(C(=O)O)c1ccccc1. The number of rotatable bonds is 6. The molecule has 1 atom stereocenters. The largest absolute Gasteiger partial charge is 0.481 e. The van der Waals surface area contributed by atoms with Crippen molar-refractivity contribution >= 4 is 11.9 Å². The first-order chi connectivity index (χ1) is 9.52. The van der Waals surface area contributed by atoms with Gasteiger partial charge in [0.05, 0.1) is 18.4 Å². The number of primary amides is 1. The third kappa shape index (κ3) is 7.67. The lowest BCUT2D eigenvalue weighted by atomic mass is 9.97. The summed E-state index contributed by atoms with van der Waals surface area (Å²) in [5, 5.41) is 17.2. The third-order valence-electron chi connectivity index (χ3n) is 2.39. The molecule has 0 heterocycles. The van der Waals surface area contributed by atoms with Crippen LogP contribution in [0.4, 0.5) is 0 Å². The second-order valence-electron chi connectivity index (χ2n) is 3.96. The van der Waals surface area contributed by atoms with Crippen molar-refractivity contribution in [3.05, 3.63) is 48.6 Å². The molecule has 106 valence electrons. The van der Waals surface area contributed by atoms with Crippen LogP contribution in [0.15, 0.2) is 43.0 Å². The van der Waals surface area contributed by atoms with E-state index in [1.54, 1.807) is 30.3 Å². The summed E-state index contributed by atoms with van der Waals surface area (Å²) in [7, 11) is 0. The minimum absolute atomic E-state index is 0.0132. The lowest BCUT2D eigenvalue weighted by Crippen LogP contribution is -2.10. The van der Waals surface area contributed by atoms with E-state index in [-0.39, 0.29) is 12.3 Å². The van der Waals surface area contributed by atoms with Crippen LogP contribution in [0.2, 0.25) is 0 Å². The molecule has 20 heavy (non-hydrogen) atoms. The zero-order valence-electron chi connectivity index (χ0n) is 11.2. The van der Waals surface area contributed by atoms with Crippen molar-refractivity contribution in [2.24, 2.45) is 5.73 Å². The van der Waals surface area contributed by atoms with Crippen molar-refractivity contribution in [2.45, 2.75) is 25.2 Å². The normalized spacial score (nSPS) is 10.3. The molecule has 3 N–H and O–H groups in total. The van der Waals surface area contributed by atoms with E-state index in [1.165, 1.54) is 0 Å². The van der Waals surface area contributed by atoms with E-state index in [4.69, 9.17) is 16.1 Å². The number of hydrogen-bond donors (Lipinski definition) is 2. The van der Waals surface area contributed by atoms with E-state index in [0.717, 1.165) is 0 Å². The van der Waals surface area contributed by atoms with E-state index < -0.39 is 11.9 Å². The topological polar surface area (TPSA) is 104 Å². The van der Waals surface area contributed by atoms with Gasteiger partial charge in [0, 0.05) is 6.42 Å². The molecule has 0 fully saturated rings. The Balaban J connectivity index is 0.000000441. The Hall–Kier alpha value is -2.61. The van der Waals surface area contributed by atoms with Gasteiger partial charge in [-0.15, -0.1) is 6.58 Å². The lowest BCUT2D eigenvalue weighted by Gasteiger charge is -2.07. The molecule has 0 aliphatic heterocycles. The van der Waals surface area contributed by atoms with Gasteiger partial charge in [0.25, 0.3) is 0 Å². The number of nitrogens with two attached hydrogens (primary N) is 1. The predicted molar refractivity (Wildman–Crippen MR) is 75.7 cm³/mol. The average Bonchev–Trinajstić information content (AvgIpc) is 2.43. The molecule has 1 rings (SSSR count). The summed E-state index contributed by atoms with van der Waals surface area (Å²) >= 11 is 0. The number of allylic oxidation sites excluding steroid dienone is 1. The molecule has 5 nitrogen and oxygen atoms in total. The highest BCUT2D eigenvalue weighted by atomic mass is 16.4. The highest BCUT2D eigenvalue weighted by Crippen LogP contribution is 2.18. The second kappa shape index (κ2) is 10.3. The Bertz CT molecular complexity index is 478. The van der Waals surface area contributed by atoms with Gasteiger partial charge < -0.3 is 10.8 Å². The first-order valence-corrected chi connectivity index (χ1v) is 6.06. The van der Waals surface area contributed by atoms with Crippen molar-refractivity contribution in [1.29, 1.82) is 5.26 Å². The molecular weight excluding hydrogens is 256 g/mol. The lowest BCUT2D eigenvalue weighted by molar-refractivity contribution is -0.138. The fourth-order valence-corrected chi connectivity index (χ4v) is 1.37. The zero-order valence-corrected chi connectivity index (χ0v) is 11.2. The van der Waals surface area contributed by atoms with Crippen LogP contribution < -0.4 is 5.73 Å². The summed E-state index contributed by atoms with van der Waals surface area (Å²) in [4.78, 5) is 20.7. The van der Waals surface area contributed by atoms with Gasteiger partial charge in [-0.3, -0.25) is 9.59 Å². The van der Waals surface area contributed by atoms with Crippen molar-refractivity contribution in [3.8, 4) is 6.07 Å². The van der Waals surface area contributed by atoms with Gasteiger partial charge in [-0.1, -0.05) is 36.4 Å². The number of benzene rings is 1. The average molecular weight is 274 g/mol. The van der Waals surface area contributed by atoms with Crippen LogP contribution >= 0.6 is 0 Å². The highest BCUT2D eigenvalue weighted by molar-refractivity contribution is 5.76. The predicted octanol–water partition coefficient (Wildman–Crippen LogP) is 2.21. The molecule has 0 spiro atoms. The van der Waals surface area contributed by atoms with E-state index >= 15 is 0 Å². The molecule has 0 aliphatic carbocycles. The monoisotopic (exact) mass is 274 g/mol. The summed E-state index contributed by atoms with van der Waals surface area (Å²) in [5.41, 5.74) is 5.47. The molecule has 1 aromatic rings. The summed E-state index contributed by atoms with van der Waals surface area (Å²) in [6.07, 6.45) is 2.79. The van der Waals surface area contributed by atoms with Crippen molar-refractivity contribution in [3.63, 3.8) is 0 Å². The molecule has 1 unspecified atom stereocenters. The Kier molecular flexibility index (Phi) is 8.98. The fourth-order valence-electron chi connectivity index (χ4n) is 1.37. The summed E-state index contributed by atoms with van der Waals surface area (Å²) in [6, 6.07) is 10.7. The molecule has 0 saturated carbocycles. The number of nitrogens with zero attached hydrogens (tertiary/aromatic N) is 1. The molecule has 0 bridgehead atoms. The van der Waals surface area contributed by atoms with Crippen LogP contribution in [-0.2, 0) is 9.59 Å². The van der Waals surface area contributed by atoms with Gasteiger partial charge in [-0.25, -0.2) is 0 Å². The van der Waals surface area contributed by atoms with Gasteiger partial charge in [0.1, 0.15) is 0 Å². The molecular formula is C15H18N2O3. The van der Waals surface area contributed by atoms with Crippen LogP contribution in [0.3, 0.4) is 0 Å². The van der Waals surface area contributed by atoms with Crippen molar-refractivity contribution < 1.29 is 14.7 Å². The van der Waals surface area contributed by atoms with Crippen LogP contribution in [0, 0.1) is 11.3 Å². The van der Waals surface area contributed by atoms with Gasteiger partial charge in [-0.05, 0) is 12.0 Å². The van der Waals surface area contributed by atoms with Crippen LogP contribution in [0.1, 0.15) is 30.7 Å². The minimum Gasteiger partial charge on any atom is -0.481 e. The number of hydrogen-bond acceptors (Lipinski definition) is 3. The molecule has 0 aliphatic rings. The Morgan fingerprint density at radius 1 is 1.40 bits per heavy atom. The summed E-state index contributed by atoms with van der Waals surface area (Å²) in [5.74, 6) is -1.92. The van der Waals surface area contributed by atoms with Crippen molar-refractivity contribution in [1.82, 2.24) is 0 Å². The fraction of sp³-hybridized carbons (Fsp3) is 0.267. The van der Waals surface area contributed by atoms with Gasteiger partial charge >= 0.3 is 5.97 Å². The van der Waals surface area contributed by atoms with Crippen LogP contribution in [-0.4, -0.2) is 17.0 Å². The first-order valence-electron chi connectivity index (χ1n) is 6.06.